The number of nitrogens with zero attached hydrogens (tertiary/aromatic N) is 6. The Kier molecular flexibility index (Phi) is 4.57. The zero-order valence-corrected chi connectivity index (χ0v) is 12.0. The highest BCUT2D eigenvalue weighted by Crippen LogP contribution is 2.13. The van der Waals surface area contributed by atoms with Crippen molar-refractivity contribution in [2.45, 2.75) is 12.8 Å². The van der Waals surface area contributed by atoms with Gasteiger partial charge >= 0.3 is 5.03 Å². The topological polar surface area (TPSA) is 147 Å². The first-order valence-electron chi connectivity index (χ1n) is 5.61. The van der Waals surface area contributed by atoms with Crippen LogP contribution in [0.5, 0.6) is 0 Å². The number of rotatable bonds is 7. The van der Waals surface area contributed by atoms with Gasteiger partial charge < -0.3 is 11.5 Å². The molecule has 0 aliphatic heterocycles. The largest absolute Gasteiger partial charge is 0.374 e. The van der Waals surface area contributed by atoms with Gasteiger partial charge in [0.1, 0.15) is 14.9 Å². The Morgan fingerprint density at radius 1 is 1.00 bits per heavy atom. The van der Waals surface area contributed by atoms with Crippen molar-refractivity contribution in [1.82, 2.24) is 25.4 Å². The summed E-state index contributed by atoms with van der Waals surface area (Å²) >= 11 is 2.50. The highest BCUT2D eigenvalue weighted by atomic mass is 32.1. The fraction of sp³-hybridized carbons (Fsp3) is 0.500. The van der Waals surface area contributed by atoms with E-state index < -0.39 is 0 Å². The molecule has 0 radical (unpaired) electrons. The van der Waals surface area contributed by atoms with Crippen molar-refractivity contribution in [2.75, 3.05) is 24.6 Å². The third-order valence-corrected chi connectivity index (χ3v) is 4.00. The van der Waals surface area contributed by atoms with Crippen LogP contribution < -0.4 is 11.5 Å². The molecule has 0 aliphatic carbocycles. The van der Waals surface area contributed by atoms with Crippen molar-refractivity contribution >= 4 is 32.9 Å². The minimum Gasteiger partial charge on any atom is -0.374 e. The first kappa shape index (κ1) is 14.3. The summed E-state index contributed by atoms with van der Waals surface area (Å²) in [7, 11) is 0. The van der Waals surface area contributed by atoms with Gasteiger partial charge in [0.2, 0.25) is 10.3 Å². The summed E-state index contributed by atoms with van der Waals surface area (Å²) in [4.78, 5) is 11.1. The molecule has 0 bridgehead atoms. The Labute approximate surface area is 121 Å². The average Bonchev–Trinajstić information content (AvgIpc) is 2.98. The van der Waals surface area contributed by atoms with E-state index in [0.717, 1.165) is 0 Å². The number of hydrogen-bond acceptors (Lipinski definition) is 9. The molecule has 0 saturated carbocycles. The van der Waals surface area contributed by atoms with Crippen molar-refractivity contribution in [2.24, 2.45) is 0 Å². The summed E-state index contributed by atoms with van der Waals surface area (Å²) < 4.78 is 0. The lowest BCUT2D eigenvalue weighted by atomic mass is 10.4. The van der Waals surface area contributed by atoms with Gasteiger partial charge in [-0.3, -0.25) is 0 Å². The molecule has 0 aliphatic rings. The number of aromatic nitrogens is 4. The van der Waals surface area contributed by atoms with Crippen LogP contribution in [0.15, 0.2) is 0 Å². The lowest BCUT2D eigenvalue weighted by molar-refractivity contribution is -0.902. The molecule has 0 saturated heterocycles. The molecular formula is C8H13N8O2S2+. The summed E-state index contributed by atoms with van der Waals surface area (Å²) in [5, 5.41) is 27.3. The molecule has 10 nitrogen and oxygen atoms in total. The molecule has 12 heteroatoms. The van der Waals surface area contributed by atoms with Gasteiger partial charge in [0.05, 0.1) is 13.1 Å². The van der Waals surface area contributed by atoms with E-state index in [0.29, 0.717) is 46.2 Å². The SMILES string of the molecule is Nc1nnc(CCN(CCc2nnc(N)s2)[N+](=O)O)s1. The molecule has 0 spiro atoms. The molecule has 5 N–H and O–H groups in total. The second-order valence-electron chi connectivity index (χ2n) is 3.77. The molecule has 2 heterocycles. The number of nitrogen functional groups attached to an aromatic ring is 2. The Balaban J connectivity index is 1.85. The van der Waals surface area contributed by atoms with Crippen molar-refractivity contribution in [1.29, 1.82) is 0 Å². The van der Waals surface area contributed by atoms with E-state index in [-0.39, 0.29) is 5.03 Å². The summed E-state index contributed by atoms with van der Waals surface area (Å²) in [5.41, 5.74) is 10.9. The maximum atomic E-state index is 11.1. The number of nitrogens with two attached hydrogens (primary N) is 2. The molecule has 0 fully saturated rings. The Morgan fingerprint density at radius 2 is 1.45 bits per heavy atom. The van der Waals surface area contributed by atoms with Gasteiger partial charge in [0.15, 0.2) is 0 Å². The molecule has 20 heavy (non-hydrogen) atoms. The minimum atomic E-state index is -0.186. The fourth-order valence-electron chi connectivity index (χ4n) is 1.47. The van der Waals surface area contributed by atoms with Crippen LogP contribution >= 0.6 is 22.7 Å². The van der Waals surface area contributed by atoms with Gasteiger partial charge in [-0.15, -0.1) is 20.4 Å². The van der Waals surface area contributed by atoms with E-state index in [9.17, 15) is 4.91 Å². The van der Waals surface area contributed by atoms with E-state index in [1.54, 1.807) is 0 Å². The van der Waals surface area contributed by atoms with Crippen molar-refractivity contribution < 1.29 is 10.2 Å². The van der Waals surface area contributed by atoms with Gasteiger partial charge in [-0.25, -0.2) is 5.21 Å². The molecule has 2 aromatic heterocycles. The highest BCUT2D eigenvalue weighted by Gasteiger charge is 2.21. The molecule has 0 amide bonds. The summed E-state index contributed by atoms with van der Waals surface area (Å²) in [6.45, 7) is 0.589. The average molecular weight is 317 g/mol. The van der Waals surface area contributed by atoms with E-state index in [1.165, 1.54) is 27.7 Å². The van der Waals surface area contributed by atoms with Crippen molar-refractivity contribution in [3.63, 3.8) is 0 Å². The quantitative estimate of drug-likeness (QED) is 0.586. The van der Waals surface area contributed by atoms with E-state index in [2.05, 4.69) is 20.4 Å². The predicted octanol–water partition coefficient (Wildman–Crippen LogP) is -0.276. The van der Waals surface area contributed by atoms with Crippen LogP contribution in [-0.4, -0.2) is 48.7 Å². The van der Waals surface area contributed by atoms with Crippen LogP contribution in [0.25, 0.3) is 0 Å². The van der Waals surface area contributed by atoms with Crippen LogP contribution in [-0.2, 0) is 12.8 Å². The Morgan fingerprint density at radius 3 is 1.75 bits per heavy atom. The lowest BCUT2D eigenvalue weighted by Crippen LogP contribution is -2.35. The monoisotopic (exact) mass is 317 g/mol. The predicted molar refractivity (Wildman–Crippen MR) is 73.0 cm³/mol. The van der Waals surface area contributed by atoms with Gasteiger partial charge in [-0.1, -0.05) is 27.7 Å². The fourth-order valence-corrected chi connectivity index (χ4v) is 2.66. The van der Waals surface area contributed by atoms with Gasteiger partial charge in [-0.05, 0) is 0 Å². The van der Waals surface area contributed by atoms with Gasteiger partial charge in [0.25, 0.3) is 0 Å². The van der Waals surface area contributed by atoms with Crippen LogP contribution in [0, 0.1) is 4.91 Å². The molecule has 108 valence electrons. The van der Waals surface area contributed by atoms with E-state index >= 15 is 0 Å². The summed E-state index contributed by atoms with van der Waals surface area (Å²) in [5.74, 6) is 0. The molecule has 0 unspecified atom stereocenters. The van der Waals surface area contributed by atoms with Gasteiger partial charge in [-0.2, -0.15) is 0 Å². The summed E-state index contributed by atoms with van der Waals surface area (Å²) in [6.07, 6.45) is 0.929. The smallest absolute Gasteiger partial charge is 0.357 e. The summed E-state index contributed by atoms with van der Waals surface area (Å²) in [6, 6.07) is 0. The minimum absolute atomic E-state index is 0.186. The van der Waals surface area contributed by atoms with Crippen molar-refractivity contribution in [3.05, 3.63) is 14.9 Å². The number of anilines is 2. The number of hydrogen-bond donors (Lipinski definition) is 3. The lowest BCUT2D eigenvalue weighted by Gasteiger charge is -2.07. The highest BCUT2D eigenvalue weighted by molar-refractivity contribution is 7.15. The van der Waals surface area contributed by atoms with Crippen LogP contribution in [0.1, 0.15) is 10.0 Å². The third-order valence-electron chi connectivity index (χ3n) is 2.37. The normalized spacial score (nSPS) is 10.6. The Hall–Kier alpha value is -2.08. The van der Waals surface area contributed by atoms with E-state index in [4.69, 9.17) is 16.7 Å². The molecule has 2 rings (SSSR count). The maximum Gasteiger partial charge on any atom is 0.357 e. The molecule has 0 aromatic carbocycles. The van der Waals surface area contributed by atoms with Crippen LogP contribution in [0.3, 0.4) is 0 Å². The number of hydrazine groups is 1. The molecule has 0 atom stereocenters. The maximum absolute atomic E-state index is 11.1. The van der Waals surface area contributed by atoms with Crippen molar-refractivity contribution in [3.8, 4) is 0 Å². The van der Waals surface area contributed by atoms with Gasteiger partial charge in [0, 0.05) is 12.8 Å². The zero-order chi connectivity index (χ0) is 14.5. The van der Waals surface area contributed by atoms with E-state index in [1.807, 2.05) is 0 Å². The first-order chi connectivity index (χ1) is 9.54. The second-order valence-corrected chi connectivity index (χ2v) is 5.96. The zero-order valence-electron chi connectivity index (χ0n) is 10.3. The molecule has 2 aromatic rings. The third kappa shape index (κ3) is 3.96. The molecular weight excluding hydrogens is 304 g/mol. The van der Waals surface area contributed by atoms with Crippen LogP contribution in [0.4, 0.5) is 10.3 Å². The first-order valence-corrected chi connectivity index (χ1v) is 7.24. The Bertz CT molecular complexity index is 540. The second kappa shape index (κ2) is 6.38. The van der Waals surface area contributed by atoms with Crippen LogP contribution in [0.2, 0.25) is 0 Å². The standard InChI is InChI=1S/C8H13N8O2S2/c9-7-13-11-5(19-7)1-3-15(16(17)18)4-2-6-12-14-8(10)20-6/h1-4H2,(H2,9,13)(H2,10,14)(H,17,18)/q+1.